The summed E-state index contributed by atoms with van der Waals surface area (Å²) in [5.41, 5.74) is 1.55. The number of rotatable bonds is 4. The Hall–Kier alpha value is -1.89. The molecule has 0 aromatic carbocycles. The molecule has 0 radical (unpaired) electrons. The van der Waals surface area contributed by atoms with Crippen molar-refractivity contribution < 1.29 is 18.0 Å². The highest BCUT2D eigenvalue weighted by Gasteiger charge is 2.50. The third-order valence-corrected chi connectivity index (χ3v) is 8.24. The molecule has 0 spiro atoms. The molecule has 7 heteroatoms. The monoisotopic (exact) mass is 463 g/mol. The highest BCUT2D eigenvalue weighted by molar-refractivity contribution is 5.83. The number of amides is 1. The summed E-state index contributed by atoms with van der Waals surface area (Å²) in [6, 6.07) is 2.00. The molecule has 2 aliphatic carbocycles. The second-order valence-electron chi connectivity index (χ2n) is 10.4. The molecule has 1 amide bonds. The lowest BCUT2D eigenvalue weighted by Crippen LogP contribution is -2.48. The number of alkyl halides is 3. The van der Waals surface area contributed by atoms with Crippen molar-refractivity contribution in [1.82, 2.24) is 15.2 Å². The van der Waals surface area contributed by atoms with Crippen molar-refractivity contribution in [2.45, 2.75) is 96.9 Å². The smallest absolute Gasteiger partial charge is 0.337 e. The van der Waals surface area contributed by atoms with Gasteiger partial charge in [-0.25, -0.2) is 0 Å². The van der Waals surface area contributed by atoms with Crippen LogP contribution >= 0.6 is 0 Å². The van der Waals surface area contributed by atoms with E-state index in [9.17, 15) is 18.0 Å². The van der Waals surface area contributed by atoms with E-state index in [1.54, 1.807) is 10.5 Å². The summed E-state index contributed by atoms with van der Waals surface area (Å²) in [4.78, 5) is 19.7. The second kappa shape index (κ2) is 9.40. The fourth-order valence-electron chi connectivity index (χ4n) is 6.03. The van der Waals surface area contributed by atoms with Gasteiger partial charge in [-0.15, -0.1) is 0 Å². The van der Waals surface area contributed by atoms with E-state index in [-0.39, 0.29) is 18.4 Å². The van der Waals surface area contributed by atoms with Crippen LogP contribution in [0.2, 0.25) is 0 Å². The number of aromatic nitrogens is 1. The quantitative estimate of drug-likeness (QED) is 0.586. The minimum Gasteiger partial charge on any atom is -0.337 e. The number of fused-ring (bicyclic) bond motifs is 1. The number of hydrogen-bond donors (Lipinski definition) is 1. The molecule has 1 aromatic heterocycles. The van der Waals surface area contributed by atoms with E-state index >= 15 is 0 Å². The number of hydrogen-bond acceptors (Lipinski definition) is 3. The summed E-state index contributed by atoms with van der Waals surface area (Å²) in [5.74, 6) is 0.281. The van der Waals surface area contributed by atoms with E-state index in [1.807, 2.05) is 0 Å². The van der Waals surface area contributed by atoms with Crippen molar-refractivity contribution in [3.8, 4) is 0 Å². The van der Waals surface area contributed by atoms with Gasteiger partial charge in [0.05, 0.1) is 11.0 Å². The first-order valence-electron chi connectivity index (χ1n) is 12.4. The number of allylic oxidation sites excluding steroid dienone is 2. The van der Waals surface area contributed by atoms with Crippen molar-refractivity contribution in [2.75, 3.05) is 6.54 Å². The number of pyridine rings is 1. The number of nitrogens with one attached hydrogen (secondary N) is 1. The van der Waals surface area contributed by atoms with Crippen LogP contribution in [0.3, 0.4) is 0 Å². The van der Waals surface area contributed by atoms with Gasteiger partial charge in [0, 0.05) is 43.5 Å². The minimum atomic E-state index is -4.43. The number of halogens is 3. The molecule has 4 rings (SSSR count). The van der Waals surface area contributed by atoms with Crippen molar-refractivity contribution in [3.63, 3.8) is 0 Å². The van der Waals surface area contributed by atoms with Crippen molar-refractivity contribution >= 4 is 5.91 Å². The summed E-state index contributed by atoms with van der Waals surface area (Å²) in [6.07, 6.45) is 6.43. The lowest BCUT2D eigenvalue weighted by atomic mass is 9.74. The average molecular weight is 464 g/mol. The molecule has 182 valence electrons. The van der Waals surface area contributed by atoms with Crippen LogP contribution in [-0.4, -0.2) is 34.4 Å². The Balaban J connectivity index is 1.45. The molecule has 2 saturated carbocycles. The van der Waals surface area contributed by atoms with E-state index in [0.717, 1.165) is 51.1 Å². The van der Waals surface area contributed by atoms with Crippen LogP contribution in [0, 0.1) is 11.3 Å². The molecular weight excluding hydrogens is 427 g/mol. The molecule has 2 fully saturated rings. The minimum absolute atomic E-state index is 0.102. The Bertz CT molecular complexity index is 901. The van der Waals surface area contributed by atoms with Crippen LogP contribution in [0.4, 0.5) is 13.2 Å². The largest absolute Gasteiger partial charge is 0.417 e. The van der Waals surface area contributed by atoms with Gasteiger partial charge in [-0.3, -0.25) is 9.78 Å². The predicted molar refractivity (Wildman–Crippen MR) is 122 cm³/mol. The topological polar surface area (TPSA) is 45.2 Å². The van der Waals surface area contributed by atoms with Gasteiger partial charge in [0.25, 0.3) is 0 Å². The lowest BCUT2D eigenvalue weighted by Gasteiger charge is -2.40. The first-order chi connectivity index (χ1) is 15.6. The van der Waals surface area contributed by atoms with Gasteiger partial charge in [0.15, 0.2) is 0 Å². The first kappa shape index (κ1) is 24.2. The number of carbonyl (C=O) groups is 1. The SMILES string of the molecule is CC=C1CCC(N[C@@H]2CC[C@@](C(=O)N3CCc4ncc(C(F)(F)F)cc4C3)(C(C)C)C2)CC1. The highest BCUT2D eigenvalue weighted by atomic mass is 19.4. The van der Waals surface area contributed by atoms with Crippen molar-refractivity contribution in [3.05, 3.63) is 40.7 Å². The zero-order valence-corrected chi connectivity index (χ0v) is 20.0. The molecule has 3 aliphatic rings. The first-order valence-corrected chi connectivity index (χ1v) is 12.4. The normalized spacial score (nSPS) is 28.2. The molecule has 1 aromatic rings. The summed E-state index contributed by atoms with van der Waals surface area (Å²) >= 11 is 0. The molecule has 0 unspecified atom stereocenters. The van der Waals surface area contributed by atoms with E-state index in [2.05, 4.69) is 37.1 Å². The van der Waals surface area contributed by atoms with Crippen molar-refractivity contribution in [2.24, 2.45) is 11.3 Å². The van der Waals surface area contributed by atoms with E-state index in [1.165, 1.54) is 6.07 Å². The van der Waals surface area contributed by atoms with E-state index < -0.39 is 17.2 Å². The Labute approximate surface area is 195 Å². The predicted octanol–water partition coefficient (Wildman–Crippen LogP) is 5.66. The molecule has 2 atom stereocenters. The number of nitrogens with zero attached hydrogens (tertiary/aromatic N) is 2. The summed E-state index contributed by atoms with van der Waals surface area (Å²) in [5, 5.41) is 3.84. The maximum absolute atomic E-state index is 13.8. The van der Waals surface area contributed by atoms with Crippen molar-refractivity contribution in [1.29, 1.82) is 0 Å². The van der Waals surface area contributed by atoms with Crippen LogP contribution in [0.1, 0.15) is 82.5 Å². The Morgan fingerprint density at radius 3 is 2.58 bits per heavy atom. The maximum Gasteiger partial charge on any atom is 0.417 e. The highest BCUT2D eigenvalue weighted by Crippen LogP contribution is 2.47. The second-order valence-corrected chi connectivity index (χ2v) is 10.4. The Kier molecular flexibility index (Phi) is 6.90. The van der Waals surface area contributed by atoms with Crippen LogP contribution in [-0.2, 0) is 23.9 Å². The van der Waals surface area contributed by atoms with Crippen LogP contribution in [0.5, 0.6) is 0 Å². The van der Waals surface area contributed by atoms with E-state index in [0.29, 0.717) is 36.3 Å². The third-order valence-electron chi connectivity index (χ3n) is 8.24. The lowest BCUT2D eigenvalue weighted by molar-refractivity contribution is -0.145. The van der Waals surface area contributed by atoms with Gasteiger partial charge in [0.2, 0.25) is 5.91 Å². The molecular formula is C26H36F3N3O. The zero-order valence-electron chi connectivity index (χ0n) is 20.0. The molecule has 2 heterocycles. The molecule has 1 aliphatic heterocycles. The average Bonchev–Trinajstić information content (AvgIpc) is 3.23. The van der Waals surface area contributed by atoms with Crippen LogP contribution < -0.4 is 5.32 Å². The molecule has 33 heavy (non-hydrogen) atoms. The molecule has 4 nitrogen and oxygen atoms in total. The van der Waals surface area contributed by atoms with Gasteiger partial charge in [-0.05, 0) is 69.4 Å². The van der Waals surface area contributed by atoms with Crippen LogP contribution in [0.15, 0.2) is 23.9 Å². The zero-order chi connectivity index (χ0) is 23.8. The van der Waals surface area contributed by atoms with Gasteiger partial charge in [-0.2, -0.15) is 13.2 Å². The Morgan fingerprint density at radius 1 is 1.21 bits per heavy atom. The Morgan fingerprint density at radius 2 is 1.94 bits per heavy atom. The maximum atomic E-state index is 13.8. The summed E-state index contributed by atoms with van der Waals surface area (Å²) in [6.45, 7) is 7.07. The number of carbonyl (C=O) groups excluding carboxylic acids is 1. The van der Waals surface area contributed by atoms with Gasteiger partial charge in [0.1, 0.15) is 0 Å². The molecule has 0 saturated heterocycles. The van der Waals surface area contributed by atoms with Crippen LogP contribution in [0.25, 0.3) is 0 Å². The molecule has 0 bridgehead atoms. The van der Waals surface area contributed by atoms with Gasteiger partial charge < -0.3 is 10.2 Å². The standard InChI is InChI=1S/C26H36F3N3O/c1-4-18-5-7-21(8-6-18)31-22-9-11-25(14-22,17(2)3)24(33)32-12-10-23-19(16-32)13-20(15-30-23)26(27,28)29/h4,13,15,17,21-22,31H,5-12,14,16H2,1-3H3/t21?,22-,25+/m1/s1. The summed E-state index contributed by atoms with van der Waals surface area (Å²) in [7, 11) is 0. The molecule has 1 N–H and O–H groups in total. The van der Waals surface area contributed by atoms with E-state index in [4.69, 9.17) is 0 Å². The third kappa shape index (κ3) is 4.98. The summed E-state index contributed by atoms with van der Waals surface area (Å²) < 4.78 is 39.5. The van der Waals surface area contributed by atoms with Gasteiger partial charge >= 0.3 is 6.18 Å². The fraction of sp³-hybridized carbons (Fsp3) is 0.692. The van der Waals surface area contributed by atoms with Gasteiger partial charge in [-0.1, -0.05) is 25.5 Å². The fourth-order valence-corrected chi connectivity index (χ4v) is 6.03.